The molecule has 44 heavy (non-hydrogen) atoms. The molecule has 0 spiro atoms. The van der Waals surface area contributed by atoms with Crippen LogP contribution in [-0.4, -0.2) is 85.4 Å². The number of carbonyl (C=O) groups excluding carboxylic acids is 1. The second kappa shape index (κ2) is 16.3. The van der Waals surface area contributed by atoms with Gasteiger partial charge >= 0.3 is 12.1 Å². The molecule has 7 nitrogen and oxygen atoms in total. The minimum atomic E-state index is -5.08. The number of ether oxygens (including phenoxy) is 1. The van der Waals surface area contributed by atoms with Crippen LogP contribution in [0, 0.1) is 0 Å². The zero-order valence-corrected chi connectivity index (χ0v) is 25.1. The maximum Gasteiger partial charge on any atom is 0.490 e. The second-order valence-corrected chi connectivity index (χ2v) is 11.3. The lowest BCUT2D eigenvalue weighted by Crippen LogP contribution is -2.48. The molecule has 2 saturated heterocycles. The Morgan fingerprint density at radius 2 is 1.34 bits per heavy atom. The summed E-state index contributed by atoms with van der Waals surface area (Å²) in [6.07, 6.45) is 4.26. The number of nitrogens with zero attached hydrogens (tertiary/aromatic N) is 3. The molecule has 5 rings (SSSR count). The number of amides is 1. The van der Waals surface area contributed by atoms with Crippen molar-refractivity contribution in [1.82, 2.24) is 9.80 Å². The SMILES string of the molecule is O=C(O)C(F)(F)F.O=C(c1cccc2ccccc12)N1CCN(c2ccc(OCCCN3CCCCCCCC3)cc2)CC1. The Morgan fingerprint density at radius 1 is 0.750 bits per heavy atom. The number of carboxylic acid groups (broad SMARTS) is 1. The van der Waals surface area contributed by atoms with Gasteiger partial charge < -0.3 is 24.5 Å². The van der Waals surface area contributed by atoms with Crippen LogP contribution >= 0.6 is 0 Å². The topological polar surface area (TPSA) is 73.3 Å². The van der Waals surface area contributed by atoms with Gasteiger partial charge in [0.05, 0.1) is 6.61 Å². The minimum Gasteiger partial charge on any atom is -0.494 e. The van der Waals surface area contributed by atoms with Crippen molar-refractivity contribution in [2.24, 2.45) is 0 Å². The number of alkyl halides is 3. The molecule has 0 atom stereocenters. The highest BCUT2D eigenvalue weighted by Gasteiger charge is 2.38. The number of benzene rings is 3. The van der Waals surface area contributed by atoms with E-state index < -0.39 is 12.1 Å². The lowest BCUT2D eigenvalue weighted by Gasteiger charge is -2.36. The first kappa shape index (κ1) is 33.1. The number of hydrogen-bond donors (Lipinski definition) is 1. The van der Waals surface area contributed by atoms with Gasteiger partial charge in [-0.05, 0) is 73.5 Å². The van der Waals surface area contributed by atoms with Crippen LogP contribution in [-0.2, 0) is 4.79 Å². The summed E-state index contributed by atoms with van der Waals surface area (Å²) >= 11 is 0. The third kappa shape index (κ3) is 9.87. The Hall–Kier alpha value is -3.79. The predicted octanol–water partition coefficient (Wildman–Crippen LogP) is 6.86. The molecule has 10 heteroatoms. The molecular weight excluding hydrogens is 571 g/mol. The number of piperazine rings is 1. The number of carboxylic acids is 1. The van der Waals surface area contributed by atoms with Gasteiger partial charge in [-0.1, -0.05) is 62.1 Å². The van der Waals surface area contributed by atoms with E-state index in [0.717, 1.165) is 67.8 Å². The average molecular weight is 614 g/mol. The molecule has 0 aliphatic carbocycles. The second-order valence-electron chi connectivity index (χ2n) is 11.3. The van der Waals surface area contributed by atoms with Gasteiger partial charge in [-0.25, -0.2) is 4.79 Å². The molecular formula is C34H42F3N3O4. The summed E-state index contributed by atoms with van der Waals surface area (Å²) in [4.78, 5) is 29.1. The first-order valence-corrected chi connectivity index (χ1v) is 15.5. The Morgan fingerprint density at radius 3 is 1.98 bits per heavy atom. The number of aliphatic carboxylic acids is 1. The van der Waals surface area contributed by atoms with E-state index in [1.165, 1.54) is 57.3 Å². The summed E-state index contributed by atoms with van der Waals surface area (Å²) < 4.78 is 37.8. The first-order valence-electron chi connectivity index (χ1n) is 15.5. The molecule has 3 aromatic rings. The summed E-state index contributed by atoms with van der Waals surface area (Å²) in [7, 11) is 0. The van der Waals surface area contributed by atoms with Crippen LogP contribution in [0.25, 0.3) is 10.8 Å². The van der Waals surface area contributed by atoms with Crippen molar-refractivity contribution in [2.75, 3.05) is 57.3 Å². The highest BCUT2D eigenvalue weighted by atomic mass is 19.4. The van der Waals surface area contributed by atoms with Gasteiger partial charge in [-0.3, -0.25) is 4.79 Å². The van der Waals surface area contributed by atoms with Gasteiger partial charge in [0, 0.05) is 44.0 Å². The van der Waals surface area contributed by atoms with E-state index in [4.69, 9.17) is 14.6 Å². The average Bonchev–Trinajstić information content (AvgIpc) is 3.17. The Kier molecular flexibility index (Phi) is 12.3. The van der Waals surface area contributed by atoms with Crippen molar-refractivity contribution in [3.63, 3.8) is 0 Å². The predicted molar refractivity (Wildman–Crippen MR) is 166 cm³/mol. The molecule has 1 N–H and O–H groups in total. The Balaban J connectivity index is 0.000000566. The summed E-state index contributed by atoms with van der Waals surface area (Å²) in [6, 6.07) is 22.6. The molecule has 0 saturated carbocycles. The van der Waals surface area contributed by atoms with Gasteiger partial charge in [0.15, 0.2) is 0 Å². The van der Waals surface area contributed by atoms with Crippen molar-refractivity contribution in [2.45, 2.75) is 51.1 Å². The van der Waals surface area contributed by atoms with E-state index in [-0.39, 0.29) is 5.91 Å². The number of carbonyl (C=O) groups is 2. The minimum absolute atomic E-state index is 0.131. The molecule has 2 aliphatic heterocycles. The van der Waals surface area contributed by atoms with Crippen LogP contribution < -0.4 is 9.64 Å². The third-order valence-corrected chi connectivity index (χ3v) is 8.12. The monoisotopic (exact) mass is 613 g/mol. The van der Waals surface area contributed by atoms with Gasteiger partial charge in [0.25, 0.3) is 5.91 Å². The third-order valence-electron chi connectivity index (χ3n) is 8.12. The normalized spacial score (nSPS) is 16.7. The van der Waals surface area contributed by atoms with E-state index in [1.807, 2.05) is 35.2 Å². The summed E-state index contributed by atoms with van der Waals surface area (Å²) in [5.74, 6) is -1.68. The van der Waals surface area contributed by atoms with Crippen molar-refractivity contribution >= 4 is 28.3 Å². The fraction of sp³-hybridized carbons (Fsp3) is 0.471. The summed E-state index contributed by atoms with van der Waals surface area (Å²) in [5.41, 5.74) is 2.00. The first-order chi connectivity index (χ1) is 21.2. The zero-order valence-electron chi connectivity index (χ0n) is 25.1. The van der Waals surface area contributed by atoms with Crippen LogP contribution in [0.4, 0.5) is 18.9 Å². The summed E-state index contributed by atoms with van der Waals surface area (Å²) in [5, 5.41) is 9.27. The molecule has 0 radical (unpaired) electrons. The number of rotatable bonds is 7. The van der Waals surface area contributed by atoms with Gasteiger partial charge in [0.2, 0.25) is 0 Å². The number of fused-ring (bicyclic) bond motifs is 1. The molecule has 2 heterocycles. The van der Waals surface area contributed by atoms with E-state index in [1.54, 1.807) is 0 Å². The largest absolute Gasteiger partial charge is 0.494 e. The maximum atomic E-state index is 13.3. The fourth-order valence-electron chi connectivity index (χ4n) is 5.69. The van der Waals surface area contributed by atoms with E-state index in [2.05, 4.69) is 46.2 Å². The van der Waals surface area contributed by atoms with Crippen molar-refractivity contribution in [3.05, 3.63) is 72.3 Å². The maximum absolute atomic E-state index is 13.3. The number of halogens is 3. The molecule has 2 aliphatic rings. The quantitative estimate of drug-likeness (QED) is 0.294. The standard InChI is InChI=1S/C32H41N3O2.C2HF3O2/c36-32(31-14-9-12-27-11-5-6-13-30(27)31)35-24-22-34(23-25-35)28-15-17-29(18-16-28)37-26-10-21-33-19-7-3-1-2-4-8-20-33;3-2(4,5)1(6)7/h5-6,9,11-18H,1-4,7-8,10,19-26H2;(H,6,7). The lowest BCUT2D eigenvalue weighted by atomic mass is 10.0. The zero-order chi connectivity index (χ0) is 31.4. The van der Waals surface area contributed by atoms with E-state index in [9.17, 15) is 18.0 Å². The smallest absolute Gasteiger partial charge is 0.490 e. The van der Waals surface area contributed by atoms with Crippen LogP contribution in [0.5, 0.6) is 5.75 Å². The van der Waals surface area contributed by atoms with E-state index >= 15 is 0 Å². The highest BCUT2D eigenvalue weighted by Crippen LogP contribution is 2.24. The van der Waals surface area contributed by atoms with Crippen LogP contribution in [0.15, 0.2) is 66.7 Å². The molecule has 2 fully saturated rings. The fourth-order valence-corrected chi connectivity index (χ4v) is 5.69. The highest BCUT2D eigenvalue weighted by molar-refractivity contribution is 6.07. The van der Waals surface area contributed by atoms with Crippen molar-refractivity contribution in [1.29, 1.82) is 0 Å². The molecule has 3 aromatic carbocycles. The molecule has 238 valence electrons. The number of anilines is 1. The Labute approximate surface area is 257 Å². The lowest BCUT2D eigenvalue weighted by molar-refractivity contribution is -0.192. The van der Waals surface area contributed by atoms with E-state index in [0.29, 0.717) is 0 Å². The van der Waals surface area contributed by atoms with Crippen molar-refractivity contribution < 1.29 is 32.6 Å². The van der Waals surface area contributed by atoms with Gasteiger partial charge in [-0.2, -0.15) is 13.2 Å². The summed E-state index contributed by atoms with van der Waals surface area (Å²) in [6.45, 7) is 7.54. The van der Waals surface area contributed by atoms with Crippen LogP contribution in [0.2, 0.25) is 0 Å². The Bertz CT molecular complexity index is 1330. The van der Waals surface area contributed by atoms with Gasteiger partial charge in [-0.15, -0.1) is 0 Å². The molecule has 1 amide bonds. The van der Waals surface area contributed by atoms with Gasteiger partial charge in [0.1, 0.15) is 5.75 Å². The molecule has 0 unspecified atom stereocenters. The van der Waals surface area contributed by atoms with Crippen LogP contribution in [0.1, 0.15) is 55.3 Å². The molecule has 0 bridgehead atoms. The van der Waals surface area contributed by atoms with Crippen LogP contribution in [0.3, 0.4) is 0 Å². The molecule has 0 aromatic heterocycles. The number of hydrogen-bond acceptors (Lipinski definition) is 5. The van der Waals surface area contributed by atoms with Crippen molar-refractivity contribution in [3.8, 4) is 5.75 Å².